The van der Waals surface area contributed by atoms with Crippen molar-refractivity contribution in [3.05, 3.63) is 59.7 Å². The molecule has 0 unspecified atom stereocenters. The molecule has 3 amide bonds. The summed E-state index contributed by atoms with van der Waals surface area (Å²) in [6.07, 6.45) is 0. The van der Waals surface area contributed by atoms with E-state index in [4.69, 9.17) is 0 Å². The van der Waals surface area contributed by atoms with Gasteiger partial charge in [-0.3, -0.25) is 19.4 Å². The Kier molecular flexibility index (Phi) is 5.22. The van der Waals surface area contributed by atoms with Crippen molar-refractivity contribution in [1.29, 1.82) is 0 Å². The van der Waals surface area contributed by atoms with Crippen LogP contribution in [0.3, 0.4) is 0 Å². The first kappa shape index (κ1) is 20.6. The molecular formula is C21H19F2N5O3. The molecule has 2 aliphatic heterocycles. The Morgan fingerprint density at radius 1 is 1.10 bits per heavy atom. The number of nitrogens with zero attached hydrogens (tertiary/aromatic N) is 4. The minimum Gasteiger partial charge on any atom is -0.322 e. The number of halogens is 2. The SMILES string of the molecule is CC(C)c1ccc(N2C(=O)[C@H]3N=NN(CC(=O)Nc4ccc(F)cc4F)[C@@H]3C2=O)cc1. The zero-order chi connectivity index (χ0) is 22.3. The normalized spacial score (nSPS) is 20.0. The molecule has 1 fully saturated rings. The Balaban J connectivity index is 1.48. The monoisotopic (exact) mass is 427 g/mol. The molecule has 2 heterocycles. The van der Waals surface area contributed by atoms with Crippen LogP contribution in [0.4, 0.5) is 20.2 Å². The van der Waals surface area contributed by atoms with Gasteiger partial charge in [0.25, 0.3) is 11.8 Å². The Hall–Kier alpha value is -3.69. The third-order valence-electron chi connectivity index (χ3n) is 5.19. The fraction of sp³-hybridized carbons (Fsp3) is 0.286. The Labute approximate surface area is 176 Å². The summed E-state index contributed by atoms with van der Waals surface area (Å²) in [7, 11) is 0. The topological polar surface area (TPSA) is 94.4 Å². The van der Waals surface area contributed by atoms with E-state index in [1.807, 2.05) is 26.0 Å². The molecule has 10 heteroatoms. The Morgan fingerprint density at radius 3 is 2.45 bits per heavy atom. The molecule has 4 rings (SSSR count). The standard InChI is InChI=1S/C21H19F2N5O3/c1-11(2)12-3-6-14(7-4-12)28-20(30)18-19(21(28)31)27(26-25-18)10-17(29)24-16-8-5-13(22)9-15(16)23/h3-9,11,18-19H,10H2,1-2H3,(H,24,29)/t18-,19-/m0/s1. The molecule has 2 aromatic carbocycles. The summed E-state index contributed by atoms with van der Waals surface area (Å²) in [6, 6.07) is 7.71. The summed E-state index contributed by atoms with van der Waals surface area (Å²) in [4.78, 5) is 39.1. The summed E-state index contributed by atoms with van der Waals surface area (Å²) in [5, 5.41) is 11.0. The summed E-state index contributed by atoms with van der Waals surface area (Å²) < 4.78 is 26.8. The van der Waals surface area contributed by atoms with E-state index in [2.05, 4.69) is 15.7 Å². The molecule has 8 nitrogen and oxygen atoms in total. The molecule has 1 saturated heterocycles. The number of imide groups is 1. The van der Waals surface area contributed by atoms with Crippen molar-refractivity contribution < 1.29 is 23.2 Å². The largest absolute Gasteiger partial charge is 0.322 e. The van der Waals surface area contributed by atoms with Crippen LogP contribution in [0.25, 0.3) is 0 Å². The van der Waals surface area contributed by atoms with Crippen molar-refractivity contribution >= 4 is 29.1 Å². The number of carbonyl (C=O) groups excluding carboxylic acids is 3. The van der Waals surface area contributed by atoms with E-state index >= 15 is 0 Å². The molecule has 2 aromatic rings. The molecule has 0 radical (unpaired) electrons. The van der Waals surface area contributed by atoms with Gasteiger partial charge in [0.15, 0.2) is 12.1 Å². The molecule has 2 atom stereocenters. The van der Waals surface area contributed by atoms with Crippen LogP contribution in [0, 0.1) is 11.6 Å². The van der Waals surface area contributed by atoms with Crippen LogP contribution in [0.15, 0.2) is 52.8 Å². The first-order chi connectivity index (χ1) is 14.8. The van der Waals surface area contributed by atoms with Gasteiger partial charge in [-0.05, 0) is 35.7 Å². The lowest BCUT2D eigenvalue weighted by atomic mass is 10.0. The van der Waals surface area contributed by atoms with Gasteiger partial charge in [0.1, 0.15) is 18.2 Å². The highest BCUT2D eigenvalue weighted by atomic mass is 19.1. The van der Waals surface area contributed by atoms with Gasteiger partial charge >= 0.3 is 0 Å². The zero-order valence-corrected chi connectivity index (χ0v) is 16.8. The second-order valence-electron chi connectivity index (χ2n) is 7.62. The number of fused-ring (bicyclic) bond motifs is 1. The van der Waals surface area contributed by atoms with Crippen molar-refractivity contribution in [2.24, 2.45) is 10.3 Å². The average molecular weight is 427 g/mol. The van der Waals surface area contributed by atoms with Crippen molar-refractivity contribution in [1.82, 2.24) is 5.01 Å². The molecule has 2 aliphatic rings. The molecule has 0 saturated carbocycles. The Bertz CT molecular complexity index is 1090. The van der Waals surface area contributed by atoms with Gasteiger partial charge in [0, 0.05) is 6.07 Å². The van der Waals surface area contributed by atoms with Crippen molar-refractivity contribution in [2.45, 2.75) is 31.8 Å². The lowest BCUT2D eigenvalue weighted by Crippen LogP contribution is -2.43. The number of hydrogen-bond acceptors (Lipinski definition) is 6. The average Bonchev–Trinajstić information content (AvgIpc) is 3.24. The van der Waals surface area contributed by atoms with E-state index in [0.717, 1.165) is 27.6 Å². The number of carbonyl (C=O) groups is 3. The first-order valence-electron chi connectivity index (χ1n) is 9.66. The Morgan fingerprint density at radius 2 is 1.81 bits per heavy atom. The molecule has 0 aliphatic carbocycles. The minimum absolute atomic E-state index is 0.209. The molecule has 160 valence electrons. The van der Waals surface area contributed by atoms with Crippen LogP contribution in [0.5, 0.6) is 0 Å². The summed E-state index contributed by atoms with van der Waals surface area (Å²) in [6.45, 7) is 3.64. The third-order valence-corrected chi connectivity index (χ3v) is 5.19. The molecular weight excluding hydrogens is 408 g/mol. The van der Waals surface area contributed by atoms with E-state index in [1.54, 1.807) is 12.1 Å². The van der Waals surface area contributed by atoms with Crippen molar-refractivity contribution in [3.8, 4) is 0 Å². The van der Waals surface area contributed by atoms with Crippen molar-refractivity contribution in [3.63, 3.8) is 0 Å². The highest BCUT2D eigenvalue weighted by molar-refractivity contribution is 6.25. The van der Waals surface area contributed by atoms with E-state index < -0.39 is 48.0 Å². The predicted molar refractivity (Wildman–Crippen MR) is 107 cm³/mol. The first-order valence-corrected chi connectivity index (χ1v) is 9.66. The number of rotatable bonds is 5. The number of benzene rings is 2. The van der Waals surface area contributed by atoms with Gasteiger partial charge in [-0.15, -0.1) is 0 Å². The van der Waals surface area contributed by atoms with Crippen LogP contribution in [-0.2, 0) is 14.4 Å². The van der Waals surface area contributed by atoms with Gasteiger partial charge in [-0.1, -0.05) is 31.2 Å². The van der Waals surface area contributed by atoms with E-state index in [-0.39, 0.29) is 5.69 Å². The van der Waals surface area contributed by atoms with Crippen LogP contribution >= 0.6 is 0 Å². The van der Waals surface area contributed by atoms with Crippen LogP contribution in [0.1, 0.15) is 25.3 Å². The highest BCUT2D eigenvalue weighted by Crippen LogP contribution is 2.32. The molecule has 0 spiro atoms. The van der Waals surface area contributed by atoms with Crippen LogP contribution < -0.4 is 10.2 Å². The summed E-state index contributed by atoms with van der Waals surface area (Å²) in [5.74, 6) is -3.17. The smallest absolute Gasteiger partial charge is 0.263 e. The highest BCUT2D eigenvalue weighted by Gasteiger charge is 2.55. The number of nitrogens with one attached hydrogen (secondary N) is 1. The van der Waals surface area contributed by atoms with E-state index in [0.29, 0.717) is 17.7 Å². The van der Waals surface area contributed by atoms with Crippen LogP contribution in [-0.4, -0.2) is 41.4 Å². The van der Waals surface area contributed by atoms with Gasteiger partial charge < -0.3 is 5.32 Å². The summed E-state index contributed by atoms with van der Waals surface area (Å²) >= 11 is 0. The molecule has 0 aromatic heterocycles. The van der Waals surface area contributed by atoms with Gasteiger partial charge in [0.05, 0.1) is 11.4 Å². The zero-order valence-electron chi connectivity index (χ0n) is 16.8. The van der Waals surface area contributed by atoms with Crippen LogP contribution in [0.2, 0.25) is 0 Å². The maximum absolute atomic E-state index is 13.8. The second-order valence-corrected chi connectivity index (χ2v) is 7.62. The van der Waals surface area contributed by atoms with Gasteiger partial charge in [-0.2, -0.15) is 5.11 Å². The van der Waals surface area contributed by atoms with E-state index in [9.17, 15) is 23.2 Å². The fourth-order valence-electron chi connectivity index (χ4n) is 3.54. The maximum Gasteiger partial charge on any atom is 0.263 e. The minimum atomic E-state index is -1.05. The van der Waals surface area contributed by atoms with Crippen molar-refractivity contribution in [2.75, 3.05) is 16.8 Å². The number of hydrogen-bond donors (Lipinski definition) is 1. The molecule has 1 N–H and O–H groups in total. The fourth-order valence-corrected chi connectivity index (χ4v) is 3.54. The third kappa shape index (κ3) is 3.76. The number of amides is 3. The molecule has 0 bridgehead atoms. The van der Waals surface area contributed by atoms with Gasteiger partial charge in [0.2, 0.25) is 5.91 Å². The lowest BCUT2D eigenvalue weighted by molar-refractivity contribution is -0.123. The molecule has 31 heavy (non-hydrogen) atoms. The predicted octanol–water partition coefficient (Wildman–Crippen LogP) is 3.02. The van der Waals surface area contributed by atoms with E-state index in [1.165, 1.54) is 0 Å². The summed E-state index contributed by atoms with van der Waals surface area (Å²) in [5.41, 5.74) is 1.27. The second kappa shape index (κ2) is 7.86. The quantitative estimate of drug-likeness (QED) is 0.743. The number of anilines is 2. The lowest BCUT2D eigenvalue weighted by Gasteiger charge is -2.20. The van der Waals surface area contributed by atoms with Gasteiger partial charge in [-0.25, -0.2) is 13.7 Å². The maximum atomic E-state index is 13.8.